The first-order chi connectivity index (χ1) is 8.86. The van der Waals surface area contributed by atoms with Gasteiger partial charge in [-0.2, -0.15) is 0 Å². The molecular formula is C13H17IN2O3. The minimum Gasteiger partial charge on any atom is -0.478 e. The highest BCUT2D eigenvalue weighted by molar-refractivity contribution is 14.1. The molecule has 0 unspecified atom stereocenters. The van der Waals surface area contributed by atoms with Gasteiger partial charge in [0.25, 0.3) is 0 Å². The van der Waals surface area contributed by atoms with Crippen molar-refractivity contribution in [3.05, 3.63) is 27.3 Å². The number of carbonyl (C=O) groups is 2. The largest absolute Gasteiger partial charge is 0.478 e. The Bertz CT molecular complexity index is 489. The van der Waals surface area contributed by atoms with E-state index in [2.05, 4.69) is 27.9 Å². The number of rotatable bonds is 4. The summed E-state index contributed by atoms with van der Waals surface area (Å²) in [5.41, 5.74) is 0.674. The van der Waals surface area contributed by atoms with Crippen molar-refractivity contribution in [1.82, 2.24) is 4.90 Å². The van der Waals surface area contributed by atoms with Crippen molar-refractivity contribution in [2.45, 2.75) is 26.8 Å². The van der Waals surface area contributed by atoms with E-state index in [9.17, 15) is 9.59 Å². The minimum atomic E-state index is -1.01. The highest BCUT2D eigenvalue weighted by atomic mass is 127. The van der Waals surface area contributed by atoms with E-state index in [1.165, 1.54) is 12.1 Å². The average Bonchev–Trinajstić information content (AvgIpc) is 2.31. The third kappa shape index (κ3) is 4.09. The lowest BCUT2D eigenvalue weighted by Gasteiger charge is -2.25. The number of urea groups is 1. The predicted octanol–water partition coefficient (Wildman–Crippen LogP) is 3.25. The number of carboxylic acid groups (broad SMARTS) is 1. The summed E-state index contributed by atoms with van der Waals surface area (Å²) in [5.74, 6) is -1.01. The highest BCUT2D eigenvalue weighted by Crippen LogP contribution is 2.20. The van der Waals surface area contributed by atoms with Crippen molar-refractivity contribution in [2.75, 3.05) is 11.9 Å². The molecule has 0 radical (unpaired) electrons. The molecule has 0 bridgehead atoms. The van der Waals surface area contributed by atoms with Crippen LogP contribution in [0, 0.1) is 3.57 Å². The molecule has 0 aliphatic rings. The monoisotopic (exact) mass is 376 g/mol. The van der Waals surface area contributed by atoms with Gasteiger partial charge in [0, 0.05) is 16.2 Å². The summed E-state index contributed by atoms with van der Waals surface area (Å²) in [6.07, 6.45) is 0. The van der Waals surface area contributed by atoms with Crippen molar-refractivity contribution in [1.29, 1.82) is 0 Å². The van der Waals surface area contributed by atoms with Crippen LogP contribution in [0.2, 0.25) is 0 Å². The Morgan fingerprint density at radius 1 is 1.42 bits per heavy atom. The molecule has 0 aliphatic heterocycles. The Labute approximate surface area is 126 Å². The molecule has 1 aromatic rings. The molecule has 6 heteroatoms. The lowest BCUT2D eigenvalue weighted by Crippen LogP contribution is -2.39. The molecule has 5 nitrogen and oxygen atoms in total. The highest BCUT2D eigenvalue weighted by Gasteiger charge is 2.16. The zero-order chi connectivity index (χ0) is 14.6. The summed E-state index contributed by atoms with van der Waals surface area (Å²) in [7, 11) is 0. The molecule has 0 saturated carbocycles. The van der Waals surface area contributed by atoms with Crippen molar-refractivity contribution in [3.63, 3.8) is 0 Å². The van der Waals surface area contributed by atoms with Gasteiger partial charge < -0.3 is 15.3 Å². The molecule has 19 heavy (non-hydrogen) atoms. The predicted molar refractivity (Wildman–Crippen MR) is 82.7 cm³/mol. The number of hydrogen-bond acceptors (Lipinski definition) is 2. The van der Waals surface area contributed by atoms with Crippen LogP contribution in [0.25, 0.3) is 0 Å². The van der Waals surface area contributed by atoms with Crippen LogP contribution >= 0.6 is 22.6 Å². The van der Waals surface area contributed by atoms with Crippen LogP contribution in [0.3, 0.4) is 0 Å². The molecule has 0 fully saturated rings. The number of nitrogens with one attached hydrogen (secondary N) is 1. The van der Waals surface area contributed by atoms with E-state index in [1.807, 2.05) is 20.8 Å². The summed E-state index contributed by atoms with van der Waals surface area (Å²) in [6, 6.07) is 4.52. The standard InChI is InChI=1S/C13H17IN2O3/c1-4-16(8(2)3)13(19)15-11-7-9(12(17)18)5-6-10(11)14/h5-8H,4H2,1-3H3,(H,15,19)(H,17,18). The van der Waals surface area contributed by atoms with Crippen LogP contribution in [0.4, 0.5) is 10.5 Å². The molecule has 2 N–H and O–H groups in total. The second kappa shape index (κ2) is 6.74. The zero-order valence-corrected chi connectivity index (χ0v) is 13.3. The first-order valence-electron chi connectivity index (χ1n) is 5.97. The Morgan fingerprint density at radius 2 is 2.05 bits per heavy atom. The quantitative estimate of drug-likeness (QED) is 0.793. The van der Waals surface area contributed by atoms with Crippen molar-refractivity contribution in [2.24, 2.45) is 0 Å². The van der Waals surface area contributed by atoms with E-state index in [-0.39, 0.29) is 17.6 Å². The molecule has 2 amide bonds. The van der Waals surface area contributed by atoms with Gasteiger partial charge in [-0.3, -0.25) is 0 Å². The number of hydrogen-bond donors (Lipinski definition) is 2. The van der Waals surface area contributed by atoms with Gasteiger partial charge in [-0.25, -0.2) is 9.59 Å². The molecule has 0 aromatic heterocycles. The minimum absolute atomic E-state index is 0.0883. The molecule has 0 saturated heterocycles. The Kier molecular flexibility index (Phi) is 5.59. The van der Waals surface area contributed by atoms with Gasteiger partial charge in [0.05, 0.1) is 11.3 Å². The van der Waals surface area contributed by atoms with E-state index in [0.29, 0.717) is 12.2 Å². The molecule has 104 valence electrons. The third-order valence-corrected chi connectivity index (χ3v) is 3.62. The topological polar surface area (TPSA) is 69.6 Å². The SMILES string of the molecule is CCN(C(=O)Nc1cc(C(=O)O)ccc1I)C(C)C. The summed E-state index contributed by atoms with van der Waals surface area (Å²) < 4.78 is 0.802. The second-order valence-corrected chi connectivity index (χ2v) is 5.47. The summed E-state index contributed by atoms with van der Waals surface area (Å²) in [4.78, 5) is 24.7. The number of amides is 2. The fourth-order valence-corrected chi connectivity index (χ4v) is 2.15. The van der Waals surface area contributed by atoms with Crippen molar-refractivity contribution < 1.29 is 14.7 Å². The average molecular weight is 376 g/mol. The molecule has 0 spiro atoms. The van der Waals surface area contributed by atoms with E-state index in [0.717, 1.165) is 3.57 Å². The molecule has 1 aromatic carbocycles. The number of nitrogens with zero attached hydrogens (tertiary/aromatic N) is 1. The number of halogens is 1. The van der Waals surface area contributed by atoms with Crippen LogP contribution < -0.4 is 5.32 Å². The van der Waals surface area contributed by atoms with E-state index in [1.54, 1.807) is 11.0 Å². The number of aromatic carboxylic acids is 1. The van der Waals surface area contributed by atoms with Gasteiger partial charge in [0.1, 0.15) is 0 Å². The lowest BCUT2D eigenvalue weighted by atomic mass is 10.2. The number of carboxylic acids is 1. The molecule has 0 heterocycles. The van der Waals surface area contributed by atoms with Gasteiger partial charge in [-0.05, 0) is 61.6 Å². The molecule has 0 atom stereocenters. The lowest BCUT2D eigenvalue weighted by molar-refractivity contribution is 0.0697. The summed E-state index contributed by atoms with van der Waals surface area (Å²) in [5, 5.41) is 11.7. The maximum absolute atomic E-state index is 12.1. The van der Waals surface area contributed by atoms with Crippen LogP contribution in [0.1, 0.15) is 31.1 Å². The number of carbonyl (C=O) groups excluding carboxylic acids is 1. The van der Waals surface area contributed by atoms with E-state index >= 15 is 0 Å². The first kappa shape index (κ1) is 15.7. The molecular weight excluding hydrogens is 359 g/mol. The maximum Gasteiger partial charge on any atom is 0.335 e. The number of anilines is 1. The third-order valence-electron chi connectivity index (χ3n) is 2.68. The second-order valence-electron chi connectivity index (χ2n) is 4.31. The first-order valence-corrected chi connectivity index (χ1v) is 7.05. The van der Waals surface area contributed by atoms with Crippen LogP contribution in [-0.4, -0.2) is 34.6 Å². The fraction of sp³-hybridized carbons (Fsp3) is 0.385. The Hall–Kier alpha value is -1.31. The fourth-order valence-electron chi connectivity index (χ4n) is 1.68. The van der Waals surface area contributed by atoms with Gasteiger partial charge in [-0.1, -0.05) is 0 Å². The molecule has 1 rings (SSSR count). The van der Waals surface area contributed by atoms with Crippen LogP contribution in [0.5, 0.6) is 0 Å². The van der Waals surface area contributed by atoms with Gasteiger partial charge >= 0.3 is 12.0 Å². The summed E-state index contributed by atoms with van der Waals surface area (Å²) in [6.45, 7) is 6.36. The van der Waals surface area contributed by atoms with Gasteiger partial charge in [0.2, 0.25) is 0 Å². The van der Waals surface area contributed by atoms with Crippen molar-refractivity contribution >= 4 is 40.3 Å². The van der Waals surface area contributed by atoms with Gasteiger partial charge in [-0.15, -0.1) is 0 Å². The Balaban J connectivity index is 2.95. The maximum atomic E-state index is 12.1. The Morgan fingerprint density at radius 3 is 2.53 bits per heavy atom. The number of benzene rings is 1. The van der Waals surface area contributed by atoms with Gasteiger partial charge in [0.15, 0.2) is 0 Å². The molecule has 0 aliphatic carbocycles. The van der Waals surface area contributed by atoms with E-state index in [4.69, 9.17) is 5.11 Å². The van der Waals surface area contributed by atoms with Crippen molar-refractivity contribution in [3.8, 4) is 0 Å². The van der Waals surface area contributed by atoms with E-state index < -0.39 is 5.97 Å². The van der Waals surface area contributed by atoms with Crippen LogP contribution in [-0.2, 0) is 0 Å². The zero-order valence-electron chi connectivity index (χ0n) is 11.1. The van der Waals surface area contributed by atoms with Crippen LogP contribution in [0.15, 0.2) is 18.2 Å². The normalized spacial score (nSPS) is 10.4. The smallest absolute Gasteiger partial charge is 0.335 e. The summed E-state index contributed by atoms with van der Waals surface area (Å²) >= 11 is 2.06.